The molecule has 2 heteroatoms. The maximum atomic E-state index is 5.53. The second kappa shape index (κ2) is 7.56. The summed E-state index contributed by atoms with van der Waals surface area (Å²) in [6.45, 7) is 4.32. The van der Waals surface area contributed by atoms with E-state index in [0.29, 0.717) is 0 Å². The van der Waals surface area contributed by atoms with Gasteiger partial charge < -0.3 is 10.6 Å². The average molecular weight is 172 g/mol. The van der Waals surface area contributed by atoms with Crippen LogP contribution in [-0.4, -0.2) is 32.1 Å². The molecule has 0 aliphatic rings. The van der Waals surface area contributed by atoms with E-state index in [1.807, 2.05) is 0 Å². The van der Waals surface area contributed by atoms with E-state index in [1.165, 1.54) is 32.2 Å². The van der Waals surface area contributed by atoms with Gasteiger partial charge in [0.15, 0.2) is 0 Å². The van der Waals surface area contributed by atoms with Crippen LogP contribution in [0.3, 0.4) is 0 Å². The van der Waals surface area contributed by atoms with Gasteiger partial charge in [-0.25, -0.2) is 0 Å². The van der Waals surface area contributed by atoms with Crippen molar-refractivity contribution in [1.82, 2.24) is 4.90 Å². The minimum Gasteiger partial charge on any atom is -0.330 e. The van der Waals surface area contributed by atoms with Gasteiger partial charge in [-0.05, 0) is 52.4 Å². The van der Waals surface area contributed by atoms with Crippen LogP contribution in [0, 0.1) is 5.92 Å². The first-order chi connectivity index (χ1) is 5.70. The second-order valence-electron chi connectivity index (χ2n) is 3.80. The van der Waals surface area contributed by atoms with Crippen LogP contribution in [-0.2, 0) is 0 Å². The molecule has 0 aromatic rings. The molecule has 12 heavy (non-hydrogen) atoms. The third-order valence-corrected chi connectivity index (χ3v) is 2.37. The molecule has 0 aliphatic heterocycles. The molecule has 0 aliphatic carbocycles. The molecule has 0 spiro atoms. The van der Waals surface area contributed by atoms with Crippen molar-refractivity contribution in [3.63, 3.8) is 0 Å². The van der Waals surface area contributed by atoms with E-state index in [4.69, 9.17) is 5.73 Å². The molecule has 0 amide bonds. The van der Waals surface area contributed by atoms with E-state index in [1.54, 1.807) is 0 Å². The zero-order valence-corrected chi connectivity index (χ0v) is 8.84. The van der Waals surface area contributed by atoms with Crippen LogP contribution in [0.2, 0.25) is 0 Å². The van der Waals surface area contributed by atoms with Crippen molar-refractivity contribution in [2.45, 2.75) is 32.6 Å². The summed E-state index contributed by atoms with van der Waals surface area (Å²) in [5, 5.41) is 0. The van der Waals surface area contributed by atoms with Crippen molar-refractivity contribution in [3.05, 3.63) is 0 Å². The zero-order chi connectivity index (χ0) is 9.40. The van der Waals surface area contributed by atoms with Crippen LogP contribution in [0.15, 0.2) is 0 Å². The monoisotopic (exact) mass is 172 g/mol. The van der Waals surface area contributed by atoms with Gasteiger partial charge in [0.1, 0.15) is 0 Å². The predicted octanol–water partition coefficient (Wildman–Crippen LogP) is 1.70. The summed E-state index contributed by atoms with van der Waals surface area (Å²) in [7, 11) is 4.26. The smallest absolute Gasteiger partial charge is 0.00247 e. The average Bonchev–Trinajstić information content (AvgIpc) is 2.02. The highest BCUT2D eigenvalue weighted by molar-refractivity contribution is 4.59. The Morgan fingerprint density at radius 3 is 2.33 bits per heavy atom. The van der Waals surface area contributed by atoms with Gasteiger partial charge in [0.25, 0.3) is 0 Å². The highest BCUT2D eigenvalue weighted by atomic mass is 15.0. The molecular weight excluding hydrogens is 148 g/mol. The number of hydrogen-bond donors (Lipinski definition) is 1. The summed E-state index contributed by atoms with van der Waals surface area (Å²) in [5.41, 5.74) is 5.53. The van der Waals surface area contributed by atoms with Crippen LogP contribution in [0.4, 0.5) is 0 Å². The quantitative estimate of drug-likeness (QED) is 0.633. The molecule has 0 fully saturated rings. The molecular formula is C10H24N2. The van der Waals surface area contributed by atoms with Crippen molar-refractivity contribution in [2.24, 2.45) is 11.7 Å². The van der Waals surface area contributed by atoms with Crippen LogP contribution >= 0.6 is 0 Å². The lowest BCUT2D eigenvalue weighted by atomic mass is 9.97. The molecule has 0 heterocycles. The van der Waals surface area contributed by atoms with Crippen molar-refractivity contribution < 1.29 is 0 Å². The van der Waals surface area contributed by atoms with Crippen LogP contribution in [0.25, 0.3) is 0 Å². The maximum absolute atomic E-state index is 5.53. The molecule has 0 saturated heterocycles. The van der Waals surface area contributed by atoms with Crippen molar-refractivity contribution >= 4 is 0 Å². The first kappa shape index (κ1) is 11.9. The largest absolute Gasteiger partial charge is 0.330 e. The van der Waals surface area contributed by atoms with Crippen LogP contribution in [0.1, 0.15) is 32.6 Å². The third-order valence-electron chi connectivity index (χ3n) is 2.37. The Kier molecular flexibility index (Phi) is 7.51. The lowest BCUT2D eigenvalue weighted by Crippen LogP contribution is -2.15. The van der Waals surface area contributed by atoms with E-state index in [2.05, 4.69) is 25.9 Å². The second-order valence-corrected chi connectivity index (χ2v) is 3.80. The summed E-state index contributed by atoms with van der Waals surface area (Å²) in [4.78, 5) is 2.25. The predicted molar refractivity (Wildman–Crippen MR) is 55.2 cm³/mol. The minimum atomic E-state index is 0.848. The Balaban J connectivity index is 3.31. The van der Waals surface area contributed by atoms with Gasteiger partial charge in [0.2, 0.25) is 0 Å². The molecule has 2 N–H and O–H groups in total. The highest BCUT2D eigenvalue weighted by Crippen LogP contribution is 2.14. The van der Waals surface area contributed by atoms with Crippen LogP contribution < -0.4 is 5.73 Å². The number of hydrogen-bond acceptors (Lipinski definition) is 2. The molecule has 0 aromatic heterocycles. The number of rotatable bonds is 7. The highest BCUT2D eigenvalue weighted by Gasteiger charge is 2.04. The number of nitrogens with two attached hydrogens (primary N) is 1. The van der Waals surface area contributed by atoms with Gasteiger partial charge in [-0.1, -0.05) is 13.3 Å². The Labute approximate surface area is 77.1 Å². The molecule has 1 unspecified atom stereocenters. The lowest BCUT2D eigenvalue weighted by Gasteiger charge is -2.15. The fraction of sp³-hybridized carbons (Fsp3) is 1.00. The Morgan fingerprint density at radius 1 is 1.25 bits per heavy atom. The topological polar surface area (TPSA) is 29.3 Å². The SMILES string of the molecule is CCC(CCN)CCCN(C)C. The normalized spacial score (nSPS) is 13.8. The van der Waals surface area contributed by atoms with Crippen molar-refractivity contribution in [2.75, 3.05) is 27.2 Å². The first-order valence-electron chi connectivity index (χ1n) is 5.05. The van der Waals surface area contributed by atoms with Gasteiger partial charge in [0, 0.05) is 0 Å². The minimum absolute atomic E-state index is 0.848. The third kappa shape index (κ3) is 6.62. The maximum Gasteiger partial charge on any atom is -0.00247 e. The van der Waals surface area contributed by atoms with Crippen molar-refractivity contribution in [1.29, 1.82) is 0 Å². The molecule has 0 bridgehead atoms. The molecule has 1 atom stereocenters. The summed E-state index contributed by atoms with van der Waals surface area (Å²) in [5.74, 6) is 0.856. The number of nitrogens with zero attached hydrogens (tertiary/aromatic N) is 1. The zero-order valence-electron chi connectivity index (χ0n) is 8.84. The summed E-state index contributed by atoms with van der Waals surface area (Å²) >= 11 is 0. The lowest BCUT2D eigenvalue weighted by molar-refractivity contribution is 0.354. The molecule has 74 valence electrons. The van der Waals surface area contributed by atoms with Crippen molar-refractivity contribution in [3.8, 4) is 0 Å². The summed E-state index contributed by atoms with van der Waals surface area (Å²) in [6, 6.07) is 0. The van der Waals surface area contributed by atoms with Gasteiger partial charge >= 0.3 is 0 Å². The van der Waals surface area contributed by atoms with E-state index in [-0.39, 0.29) is 0 Å². The molecule has 2 nitrogen and oxygen atoms in total. The Bertz CT molecular complexity index is 91.8. The molecule has 0 saturated carbocycles. The Morgan fingerprint density at radius 2 is 1.92 bits per heavy atom. The molecule has 0 aromatic carbocycles. The van der Waals surface area contributed by atoms with Gasteiger partial charge in [-0.15, -0.1) is 0 Å². The fourth-order valence-corrected chi connectivity index (χ4v) is 1.48. The first-order valence-corrected chi connectivity index (χ1v) is 5.05. The summed E-state index contributed by atoms with van der Waals surface area (Å²) < 4.78 is 0. The van der Waals surface area contributed by atoms with E-state index in [9.17, 15) is 0 Å². The van der Waals surface area contributed by atoms with Crippen LogP contribution in [0.5, 0.6) is 0 Å². The van der Waals surface area contributed by atoms with E-state index >= 15 is 0 Å². The summed E-state index contributed by atoms with van der Waals surface area (Å²) in [6.07, 6.45) is 5.13. The van der Waals surface area contributed by atoms with Gasteiger partial charge in [-0.2, -0.15) is 0 Å². The fourth-order valence-electron chi connectivity index (χ4n) is 1.48. The standard InChI is InChI=1S/C10H24N2/c1-4-10(7-8-11)6-5-9-12(2)3/h10H,4-9,11H2,1-3H3. The van der Waals surface area contributed by atoms with Gasteiger partial charge in [0.05, 0.1) is 0 Å². The van der Waals surface area contributed by atoms with E-state index in [0.717, 1.165) is 12.5 Å². The molecule has 0 rings (SSSR count). The Hall–Kier alpha value is -0.0800. The van der Waals surface area contributed by atoms with E-state index < -0.39 is 0 Å². The molecule has 0 radical (unpaired) electrons. The van der Waals surface area contributed by atoms with Gasteiger partial charge in [-0.3, -0.25) is 0 Å².